The number of carboxylic acid groups (broad SMARTS) is 1. The highest BCUT2D eigenvalue weighted by molar-refractivity contribution is 5.87. The number of hydrazine groups is 1. The molecule has 4 nitrogen and oxygen atoms in total. The molecule has 0 bridgehead atoms. The predicted molar refractivity (Wildman–Crippen MR) is 46.6 cm³/mol. The molecule has 1 rings (SSSR count). The van der Waals surface area contributed by atoms with Crippen molar-refractivity contribution >= 4 is 5.97 Å². The Balaban J connectivity index is 0.000000354. The Morgan fingerprint density at radius 1 is 1.42 bits per heavy atom. The standard InChI is InChI=1S/C7H6O2.CH6N2/c8-7(9)6-4-2-1-3-5-6;1-3-2/h1-5H,(H,8,9);3H,2H2,1H3. The first-order valence-corrected chi connectivity index (χ1v) is 3.38. The summed E-state index contributed by atoms with van der Waals surface area (Å²) in [6.07, 6.45) is 0. The Morgan fingerprint density at radius 2 is 1.83 bits per heavy atom. The van der Waals surface area contributed by atoms with E-state index >= 15 is 0 Å². The number of carbonyl (C=O) groups is 1. The van der Waals surface area contributed by atoms with Gasteiger partial charge in [-0.25, -0.2) is 4.79 Å². The summed E-state index contributed by atoms with van der Waals surface area (Å²) in [4.78, 5) is 10.2. The lowest BCUT2D eigenvalue weighted by Crippen LogP contribution is -2.13. The van der Waals surface area contributed by atoms with Crippen molar-refractivity contribution in [3.8, 4) is 0 Å². The van der Waals surface area contributed by atoms with E-state index in [1.54, 1.807) is 37.4 Å². The van der Waals surface area contributed by atoms with Gasteiger partial charge in [0.1, 0.15) is 0 Å². The van der Waals surface area contributed by atoms with Crippen molar-refractivity contribution in [2.75, 3.05) is 7.05 Å². The topological polar surface area (TPSA) is 75.3 Å². The van der Waals surface area contributed by atoms with Crippen LogP contribution in [-0.4, -0.2) is 18.1 Å². The fourth-order valence-electron chi connectivity index (χ4n) is 0.581. The quantitative estimate of drug-likeness (QED) is 0.420. The van der Waals surface area contributed by atoms with Gasteiger partial charge in [-0.15, -0.1) is 0 Å². The van der Waals surface area contributed by atoms with Crippen LogP contribution in [0, 0.1) is 0 Å². The third-order valence-corrected chi connectivity index (χ3v) is 1.02. The maximum absolute atomic E-state index is 10.2. The lowest BCUT2D eigenvalue weighted by atomic mass is 10.2. The molecular weight excluding hydrogens is 156 g/mol. The molecule has 0 aliphatic carbocycles. The molecule has 0 fully saturated rings. The average molecular weight is 168 g/mol. The molecule has 0 saturated heterocycles. The Labute approximate surface area is 71.0 Å². The van der Waals surface area contributed by atoms with Gasteiger partial charge in [0.2, 0.25) is 0 Å². The lowest BCUT2D eigenvalue weighted by Gasteiger charge is -1.88. The van der Waals surface area contributed by atoms with Gasteiger partial charge in [0.25, 0.3) is 0 Å². The zero-order chi connectivity index (χ0) is 9.40. The molecule has 1 aromatic carbocycles. The largest absolute Gasteiger partial charge is 0.478 e. The average Bonchev–Trinajstić information content (AvgIpc) is 2.07. The minimum Gasteiger partial charge on any atom is -0.478 e. The minimum absolute atomic E-state index is 0.331. The molecular formula is C8H12N2O2. The van der Waals surface area contributed by atoms with Crippen LogP contribution in [0.3, 0.4) is 0 Å². The fraction of sp³-hybridized carbons (Fsp3) is 0.125. The maximum atomic E-state index is 10.2. The predicted octanol–water partition coefficient (Wildman–Crippen LogP) is 0.464. The summed E-state index contributed by atoms with van der Waals surface area (Å²) in [5, 5.41) is 8.38. The van der Waals surface area contributed by atoms with Gasteiger partial charge in [0.05, 0.1) is 5.56 Å². The van der Waals surface area contributed by atoms with Gasteiger partial charge in [0.15, 0.2) is 0 Å². The van der Waals surface area contributed by atoms with Crippen LogP contribution in [0.1, 0.15) is 10.4 Å². The monoisotopic (exact) mass is 168 g/mol. The van der Waals surface area contributed by atoms with E-state index < -0.39 is 5.97 Å². The molecule has 0 aliphatic rings. The van der Waals surface area contributed by atoms with Crippen LogP contribution in [0.25, 0.3) is 0 Å². The molecule has 1 aromatic rings. The van der Waals surface area contributed by atoms with Gasteiger partial charge in [0, 0.05) is 0 Å². The molecule has 0 aliphatic heterocycles. The zero-order valence-corrected chi connectivity index (χ0v) is 6.82. The number of nitrogens with two attached hydrogens (primary N) is 1. The minimum atomic E-state index is -0.879. The number of nitrogens with one attached hydrogen (secondary N) is 1. The van der Waals surface area contributed by atoms with E-state index in [0.29, 0.717) is 5.56 Å². The number of hydrogen-bond acceptors (Lipinski definition) is 3. The van der Waals surface area contributed by atoms with Crippen molar-refractivity contribution in [3.05, 3.63) is 35.9 Å². The van der Waals surface area contributed by atoms with E-state index in [4.69, 9.17) is 5.11 Å². The second kappa shape index (κ2) is 6.33. The van der Waals surface area contributed by atoms with Crippen molar-refractivity contribution in [1.82, 2.24) is 5.43 Å². The molecule has 0 amide bonds. The number of carboxylic acids is 1. The first-order valence-electron chi connectivity index (χ1n) is 3.38. The molecule has 4 N–H and O–H groups in total. The normalized spacial score (nSPS) is 8.17. The molecule has 12 heavy (non-hydrogen) atoms. The molecule has 0 aromatic heterocycles. The van der Waals surface area contributed by atoms with Gasteiger partial charge >= 0.3 is 5.97 Å². The molecule has 0 spiro atoms. The summed E-state index contributed by atoms with van der Waals surface area (Å²) in [5.74, 6) is 3.72. The van der Waals surface area contributed by atoms with E-state index in [9.17, 15) is 4.79 Å². The van der Waals surface area contributed by atoms with Gasteiger partial charge in [-0.2, -0.15) is 0 Å². The summed E-state index contributed by atoms with van der Waals surface area (Å²) in [5.41, 5.74) is 2.58. The summed E-state index contributed by atoms with van der Waals surface area (Å²) in [7, 11) is 1.65. The van der Waals surface area contributed by atoms with Crippen LogP contribution in [0.4, 0.5) is 0 Å². The van der Waals surface area contributed by atoms with Crippen molar-refractivity contribution in [1.29, 1.82) is 0 Å². The summed E-state index contributed by atoms with van der Waals surface area (Å²) in [6, 6.07) is 8.30. The van der Waals surface area contributed by atoms with Crippen molar-refractivity contribution in [3.63, 3.8) is 0 Å². The van der Waals surface area contributed by atoms with E-state index in [-0.39, 0.29) is 0 Å². The molecule has 0 atom stereocenters. The van der Waals surface area contributed by atoms with Crippen LogP contribution in [0.2, 0.25) is 0 Å². The van der Waals surface area contributed by atoms with Crippen molar-refractivity contribution in [2.45, 2.75) is 0 Å². The molecule has 0 unspecified atom stereocenters. The first-order chi connectivity index (χ1) is 5.72. The molecule has 66 valence electrons. The molecule has 0 radical (unpaired) electrons. The van der Waals surface area contributed by atoms with Gasteiger partial charge in [-0.1, -0.05) is 18.2 Å². The second-order valence-corrected chi connectivity index (χ2v) is 1.96. The zero-order valence-electron chi connectivity index (χ0n) is 6.82. The maximum Gasteiger partial charge on any atom is 0.335 e. The molecule has 0 saturated carbocycles. The Morgan fingerprint density at radius 3 is 2.08 bits per heavy atom. The second-order valence-electron chi connectivity index (χ2n) is 1.96. The van der Waals surface area contributed by atoms with Crippen molar-refractivity contribution in [2.24, 2.45) is 5.84 Å². The molecule has 0 heterocycles. The lowest BCUT2D eigenvalue weighted by molar-refractivity contribution is 0.0697. The molecule has 4 heteroatoms. The van der Waals surface area contributed by atoms with Crippen LogP contribution in [0.5, 0.6) is 0 Å². The van der Waals surface area contributed by atoms with Crippen molar-refractivity contribution < 1.29 is 9.90 Å². The number of aromatic carboxylic acids is 1. The van der Waals surface area contributed by atoms with E-state index in [0.717, 1.165) is 0 Å². The van der Waals surface area contributed by atoms with E-state index in [1.165, 1.54) is 0 Å². The Hall–Kier alpha value is -1.39. The van der Waals surface area contributed by atoms with E-state index in [2.05, 4.69) is 11.3 Å². The number of rotatable bonds is 1. The highest BCUT2D eigenvalue weighted by Crippen LogP contribution is 1.96. The summed E-state index contributed by atoms with van der Waals surface area (Å²) < 4.78 is 0. The highest BCUT2D eigenvalue weighted by Gasteiger charge is 1.96. The highest BCUT2D eigenvalue weighted by atomic mass is 16.4. The summed E-state index contributed by atoms with van der Waals surface area (Å²) in [6.45, 7) is 0. The van der Waals surface area contributed by atoms with Crippen LogP contribution < -0.4 is 11.3 Å². The summed E-state index contributed by atoms with van der Waals surface area (Å²) >= 11 is 0. The smallest absolute Gasteiger partial charge is 0.335 e. The number of benzene rings is 1. The van der Waals surface area contributed by atoms with Crippen LogP contribution in [-0.2, 0) is 0 Å². The van der Waals surface area contributed by atoms with Gasteiger partial charge < -0.3 is 5.11 Å². The van der Waals surface area contributed by atoms with Gasteiger partial charge in [-0.05, 0) is 19.2 Å². The van der Waals surface area contributed by atoms with Gasteiger partial charge in [-0.3, -0.25) is 11.3 Å². The Kier molecular flexibility index (Phi) is 5.60. The van der Waals surface area contributed by atoms with Crippen LogP contribution in [0.15, 0.2) is 30.3 Å². The van der Waals surface area contributed by atoms with Crippen LogP contribution >= 0.6 is 0 Å². The third-order valence-electron chi connectivity index (χ3n) is 1.02. The van der Waals surface area contributed by atoms with E-state index in [1.807, 2.05) is 0 Å². The Bertz CT molecular complexity index is 224. The first kappa shape index (κ1) is 10.6. The SMILES string of the molecule is CNN.O=C(O)c1ccccc1. The third kappa shape index (κ3) is 4.43. The number of hydrogen-bond donors (Lipinski definition) is 3. The fourth-order valence-corrected chi connectivity index (χ4v) is 0.581.